The van der Waals surface area contributed by atoms with Crippen LogP contribution in [-0.4, -0.2) is 4.92 Å². The zero-order chi connectivity index (χ0) is 16.4. The number of rotatable bonds is 3. The lowest BCUT2D eigenvalue weighted by Crippen LogP contribution is -1.93. The van der Waals surface area contributed by atoms with E-state index in [1.165, 1.54) is 5.56 Å². The Morgan fingerprint density at radius 2 is 1.17 bits per heavy atom. The lowest BCUT2D eigenvalue weighted by molar-refractivity contribution is -0.384. The molecule has 0 aliphatic rings. The first kappa shape index (κ1) is 15.0. The second-order valence-electron chi connectivity index (χ2n) is 5.72. The van der Waals surface area contributed by atoms with E-state index < -0.39 is 0 Å². The second kappa shape index (κ2) is 6.05. The zero-order valence-corrected chi connectivity index (χ0v) is 13.1. The van der Waals surface area contributed by atoms with Gasteiger partial charge < -0.3 is 0 Å². The first-order valence-electron chi connectivity index (χ1n) is 7.47. The van der Waals surface area contributed by atoms with E-state index in [1.54, 1.807) is 6.07 Å². The highest BCUT2D eigenvalue weighted by atomic mass is 16.6. The average Bonchev–Trinajstić information content (AvgIpc) is 2.56. The van der Waals surface area contributed by atoms with Crippen LogP contribution in [0.5, 0.6) is 0 Å². The highest BCUT2D eigenvalue weighted by Gasteiger charge is 2.16. The molecule has 0 amide bonds. The fourth-order valence-electron chi connectivity index (χ4n) is 2.59. The van der Waals surface area contributed by atoms with Gasteiger partial charge in [0.15, 0.2) is 0 Å². The van der Waals surface area contributed by atoms with Crippen molar-refractivity contribution < 1.29 is 4.92 Å². The molecule has 0 saturated heterocycles. The molecule has 0 unspecified atom stereocenters. The van der Waals surface area contributed by atoms with Crippen LogP contribution in [0.2, 0.25) is 0 Å². The molecule has 0 saturated carbocycles. The summed E-state index contributed by atoms with van der Waals surface area (Å²) in [7, 11) is 0. The van der Waals surface area contributed by atoms with Gasteiger partial charge in [-0.3, -0.25) is 10.1 Å². The number of hydrogen-bond acceptors (Lipinski definition) is 2. The third kappa shape index (κ3) is 3.14. The highest BCUT2D eigenvalue weighted by Crippen LogP contribution is 2.34. The van der Waals surface area contributed by atoms with Gasteiger partial charge in [-0.05, 0) is 36.6 Å². The van der Waals surface area contributed by atoms with E-state index in [9.17, 15) is 10.1 Å². The second-order valence-corrected chi connectivity index (χ2v) is 5.72. The van der Waals surface area contributed by atoms with Crippen LogP contribution in [0.25, 0.3) is 22.3 Å². The number of aryl methyl sites for hydroxylation is 2. The van der Waals surface area contributed by atoms with Crippen LogP contribution >= 0.6 is 0 Å². The summed E-state index contributed by atoms with van der Waals surface area (Å²) in [5.74, 6) is 0. The average molecular weight is 303 g/mol. The van der Waals surface area contributed by atoms with Gasteiger partial charge in [0.05, 0.1) is 10.5 Å². The molecule has 0 aliphatic heterocycles. The Bertz CT molecular complexity index is 850. The van der Waals surface area contributed by atoms with Gasteiger partial charge in [-0.1, -0.05) is 65.7 Å². The van der Waals surface area contributed by atoms with Crippen molar-refractivity contribution in [3.8, 4) is 22.3 Å². The van der Waals surface area contributed by atoms with E-state index in [0.717, 1.165) is 22.3 Å². The van der Waals surface area contributed by atoms with Crippen LogP contribution in [-0.2, 0) is 0 Å². The molecule has 0 N–H and O–H groups in total. The third-order valence-corrected chi connectivity index (χ3v) is 3.94. The molecule has 0 spiro atoms. The molecule has 0 radical (unpaired) electrons. The van der Waals surface area contributed by atoms with Gasteiger partial charge in [0.1, 0.15) is 0 Å². The number of hydrogen-bond donors (Lipinski definition) is 0. The Hall–Kier alpha value is -2.94. The molecule has 0 atom stereocenters. The molecule has 3 nitrogen and oxygen atoms in total. The van der Waals surface area contributed by atoms with E-state index in [0.29, 0.717) is 5.56 Å². The van der Waals surface area contributed by atoms with Crippen molar-refractivity contribution >= 4 is 5.69 Å². The van der Waals surface area contributed by atoms with Crippen molar-refractivity contribution in [2.75, 3.05) is 0 Å². The zero-order valence-electron chi connectivity index (χ0n) is 13.1. The van der Waals surface area contributed by atoms with Crippen molar-refractivity contribution in [3.05, 3.63) is 88.0 Å². The lowest BCUT2D eigenvalue weighted by atomic mass is 9.97. The Morgan fingerprint density at radius 3 is 1.70 bits per heavy atom. The van der Waals surface area contributed by atoms with Gasteiger partial charge in [-0.2, -0.15) is 0 Å². The summed E-state index contributed by atoms with van der Waals surface area (Å²) in [6, 6.07) is 21.2. The fraction of sp³-hybridized carbons (Fsp3) is 0.100. The van der Waals surface area contributed by atoms with Crippen LogP contribution in [0, 0.1) is 24.0 Å². The summed E-state index contributed by atoms with van der Waals surface area (Å²) < 4.78 is 0. The monoisotopic (exact) mass is 303 g/mol. The van der Waals surface area contributed by atoms with Crippen LogP contribution < -0.4 is 0 Å². The minimum Gasteiger partial charge on any atom is -0.258 e. The van der Waals surface area contributed by atoms with Crippen molar-refractivity contribution in [1.29, 1.82) is 0 Å². The number of nitro benzene ring substituents is 1. The summed E-state index contributed by atoms with van der Waals surface area (Å²) in [5, 5.41) is 11.5. The summed E-state index contributed by atoms with van der Waals surface area (Å²) >= 11 is 0. The molecule has 114 valence electrons. The summed E-state index contributed by atoms with van der Waals surface area (Å²) in [5.41, 5.74) is 5.77. The molecule has 3 heteroatoms. The number of benzene rings is 3. The fourth-order valence-corrected chi connectivity index (χ4v) is 2.59. The molecular weight excluding hydrogens is 286 g/mol. The maximum atomic E-state index is 11.5. The summed E-state index contributed by atoms with van der Waals surface area (Å²) in [6.07, 6.45) is 0. The molecule has 23 heavy (non-hydrogen) atoms. The third-order valence-electron chi connectivity index (χ3n) is 3.94. The van der Waals surface area contributed by atoms with Gasteiger partial charge in [-0.15, -0.1) is 0 Å². The molecule has 0 fully saturated rings. The predicted molar refractivity (Wildman–Crippen MR) is 93.4 cm³/mol. The van der Waals surface area contributed by atoms with E-state index >= 15 is 0 Å². The molecule has 0 heterocycles. The Kier molecular flexibility index (Phi) is 3.94. The van der Waals surface area contributed by atoms with E-state index in [4.69, 9.17) is 0 Å². The van der Waals surface area contributed by atoms with Crippen molar-refractivity contribution in [3.63, 3.8) is 0 Å². The number of nitrogens with zero attached hydrogens (tertiary/aromatic N) is 1. The molecule has 0 aromatic heterocycles. The maximum absolute atomic E-state index is 11.5. The van der Waals surface area contributed by atoms with Crippen LogP contribution in [0.1, 0.15) is 11.1 Å². The number of nitro groups is 1. The van der Waals surface area contributed by atoms with Crippen LogP contribution in [0.4, 0.5) is 5.69 Å². The predicted octanol–water partition coefficient (Wildman–Crippen LogP) is 5.55. The summed E-state index contributed by atoms with van der Waals surface area (Å²) in [6.45, 7) is 4.02. The Balaban J connectivity index is 2.10. The molecule has 3 aromatic rings. The summed E-state index contributed by atoms with van der Waals surface area (Å²) in [4.78, 5) is 11.2. The molecular formula is C20H17NO2. The van der Waals surface area contributed by atoms with Gasteiger partial charge in [0, 0.05) is 6.07 Å². The first-order chi connectivity index (χ1) is 11.0. The van der Waals surface area contributed by atoms with Gasteiger partial charge in [0.25, 0.3) is 5.69 Å². The molecule has 0 aliphatic carbocycles. The van der Waals surface area contributed by atoms with E-state index in [2.05, 4.69) is 0 Å². The SMILES string of the molecule is Cc1ccc(-c2ccc(-c3ccc(C)cc3)c([N+](=O)[O-])c2)cc1. The van der Waals surface area contributed by atoms with Gasteiger partial charge >= 0.3 is 0 Å². The first-order valence-corrected chi connectivity index (χ1v) is 7.47. The molecule has 0 bridgehead atoms. The van der Waals surface area contributed by atoms with Crippen LogP contribution in [0.15, 0.2) is 66.7 Å². The van der Waals surface area contributed by atoms with E-state index in [-0.39, 0.29) is 10.6 Å². The van der Waals surface area contributed by atoms with Crippen molar-refractivity contribution in [2.45, 2.75) is 13.8 Å². The van der Waals surface area contributed by atoms with Crippen LogP contribution in [0.3, 0.4) is 0 Å². The van der Waals surface area contributed by atoms with E-state index in [1.807, 2.05) is 74.5 Å². The lowest BCUT2D eigenvalue weighted by Gasteiger charge is -2.07. The molecule has 3 aromatic carbocycles. The topological polar surface area (TPSA) is 43.1 Å². The highest BCUT2D eigenvalue weighted by molar-refractivity contribution is 5.79. The largest absolute Gasteiger partial charge is 0.277 e. The van der Waals surface area contributed by atoms with Gasteiger partial charge in [0.2, 0.25) is 0 Å². The maximum Gasteiger partial charge on any atom is 0.277 e. The Morgan fingerprint density at radius 1 is 0.696 bits per heavy atom. The Labute approximate surface area is 135 Å². The van der Waals surface area contributed by atoms with Crippen molar-refractivity contribution in [1.82, 2.24) is 0 Å². The van der Waals surface area contributed by atoms with Crippen molar-refractivity contribution in [2.24, 2.45) is 0 Å². The standard InChI is InChI=1S/C20H17NO2/c1-14-3-7-16(8-4-14)18-11-12-19(20(13-18)21(22)23)17-9-5-15(2)6-10-17/h3-13H,1-2H3. The van der Waals surface area contributed by atoms with Gasteiger partial charge in [-0.25, -0.2) is 0 Å². The molecule has 3 rings (SSSR count). The normalized spacial score (nSPS) is 10.5. The minimum atomic E-state index is -0.313. The smallest absolute Gasteiger partial charge is 0.258 e. The minimum absolute atomic E-state index is 0.131. The quantitative estimate of drug-likeness (QED) is 0.470.